The fourth-order valence-electron chi connectivity index (χ4n) is 3.11. The van der Waals surface area contributed by atoms with Crippen molar-refractivity contribution in [2.45, 2.75) is 46.2 Å². The first-order valence-corrected chi connectivity index (χ1v) is 11.4. The minimum Gasteiger partial charge on any atom is -0.347 e. The van der Waals surface area contributed by atoms with Crippen LogP contribution in [0.3, 0.4) is 0 Å². The topological polar surface area (TPSA) is 66.5 Å². The van der Waals surface area contributed by atoms with Gasteiger partial charge in [-0.1, -0.05) is 54.4 Å². The van der Waals surface area contributed by atoms with Crippen LogP contribution >= 0.6 is 11.6 Å². The van der Waals surface area contributed by atoms with Crippen LogP contribution in [0.2, 0.25) is 5.02 Å². The number of sulfonamides is 1. The number of nitrogens with one attached hydrogen (secondary N) is 1. The van der Waals surface area contributed by atoms with Crippen LogP contribution in [0.1, 0.15) is 43.0 Å². The SMILES string of the molecule is CC[C@H](NC(=O)[C@H](C)N(c1cc(Cl)ccc1C)S(C)(=O)=O)c1ccc(C)cc1. The third kappa shape index (κ3) is 5.26. The van der Waals surface area contributed by atoms with Crippen molar-refractivity contribution in [2.75, 3.05) is 10.6 Å². The third-order valence-electron chi connectivity index (χ3n) is 4.70. The lowest BCUT2D eigenvalue weighted by molar-refractivity contribution is -0.122. The van der Waals surface area contributed by atoms with Crippen molar-refractivity contribution in [2.24, 2.45) is 0 Å². The molecule has 0 saturated heterocycles. The summed E-state index contributed by atoms with van der Waals surface area (Å²) in [6.07, 6.45) is 1.78. The van der Waals surface area contributed by atoms with Gasteiger partial charge in [0.15, 0.2) is 0 Å². The van der Waals surface area contributed by atoms with Gasteiger partial charge in [-0.05, 0) is 50.5 Å². The summed E-state index contributed by atoms with van der Waals surface area (Å²) in [5.74, 6) is -0.364. The zero-order valence-corrected chi connectivity index (χ0v) is 18.4. The minimum atomic E-state index is -3.70. The molecule has 0 unspecified atom stereocenters. The van der Waals surface area contributed by atoms with E-state index in [2.05, 4.69) is 5.32 Å². The number of anilines is 1. The molecular formula is C21H27ClN2O3S. The van der Waals surface area contributed by atoms with Crippen molar-refractivity contribution in [3.8, 4) is 0 Å². The van der Waals surface area contributed by atoms with Crippen LogP contribution in [0, 0.1) is 13.8 Å². The van der Waals surface area contributed by atoms with E-state index >= 15 is 0 Å². The zero-order valence-electron chi connectivity index (χ0n) is 16.9. The van der Waals surface area contributed by atoms with Gasteiger partial charge in [-0.3, -0.25) is 9.10 Å². The maximum Gasteiger partial charge on any atom is 0.244 e. The number of nitrogens with zero attached hydrogens (tertiary/aromatic N) is 1. The van der Waals surface area contributed by atoms with E-state index < -0.39 is 16.1 Å². The molecule has 0 fully saturated rings. The predicted octanol–water partition coefficient (Wildman–Crippen LogP) is 4.38. The Morgan fingerprint density at radius 1 is 1.14 bits per heavy atom. The van der Waals surface area contributed by atoms with Gasteiger partial charge in [0.2, 0.25) is 15.9 Å². The molecular weight excluding hydrogens is 396 g/mol. The fourth-order valence-corrected chi connectivity index (χ4v) is 4.50. The van der Waals surface area contributed by atoms with Crippen LogP contribution in [0.15, 0.2) is 42.5 Å². The summed E-state index contributed by atoms with van der Waals surface area (Å²) in [5.41, 5.74) is 3.25. The van der Waals surface area contributed by atoms with Crippen molar-refractivity contribution in [3.05, 3.63) is 64.2 Å². The number of amides is 1. The molecule has 0 heterocycles. The van der Waals surface area contributed by atoms with E-state index in [1.807, 2.05) is 38.1 Å². The van der Waals surface area contributed by atoms with Crippen molar-refractivity contribution in [1.82, 2.24) is 5.32 Å². The Bertz CT molecular complexity index is 943. The molecule has 0 saturated carbocycles. The van der Waals surface area contributed by atoms with Crippen molar-refractivity contribution < 1.29 is 13.2 Å². The number of aryl methyl sites for hydroxylation is 2. The molecule has 7 heteroatoms. The second-order valence-electron chi connectivity index (χ2n) is 7.05. The molecule has 2 aromatic rings. The first-order valence-electron chi connectivity index (χ1n) is 9.17. The summed E-state index contributed by atoms with van der Waals surface area (Å²) in [6, 6.07) is 11.8. The molecule has 5 nitrogen and oxygen atoms in total. The summed E-state index contributed by atoms with van der Waals surface area (Å²) in [4.78, 5) is 13.0. The van der Waals surface area contributed by atoms with Crippen LogP contribution in [0.25, 0.3) is 0 Å². The lowest BCUT2D eigenvalue weighted by Gasteiger charge is -2.31. The van der Waals surface area contributed by atoms with Crippen LogP contribution in [-0.2, 0) is 14.8 Å². The molecule has 0 spiro atoms. The monoisotopic (exact) mass is 422 g/mol. The van der Waals surface area contributed by atoms with Gasteiger partial charge in [-0.15, -0.1) is 0 Å². The van der Waals surface area contributed by atoms with Crippen LogP contribution in [0.4, 0.5) is 5.69 Å². The Kier molecular flexibility index (Phi) is 7.12. The highest BCUT2D eigenvalue weighted by Gasteiger charge is 2.31. The van der Waals surface area contributed by atoms with Crippen LogP contribution < -0.4 is 9.62 Å². The van der Waals surface area contributed by atoms with Gasteiger partial charge in [0.05, 0.1) is 18.0 Å². The van der Waals surface area contributed by atoms with Gasteiger partial charge >= 0.3 is 0 Å². The summed E-state index contributed by atoms with van der Waals surface area (Å²) in [6.45, 7) is 7.35. The Labute approximate surface area is 172 Å². The molecule has 0 bridgehead atoms. The standard InChI is InChI=1S/C21H27ClN2O3S/c1-6-19(17-10-7-14(2)8-11-17)23-21(25)16(4)24(28(5,26)27)20-13-18(22)12-9-15(20)3/h7-13,16,19H,6H2,1-5H3,(H,23,25)/t16-,19-/m0/s1. The highest BCUT2D eigenvalue weighted by Crippen LogP contribution is 2.28. The average molecular weight is 423 g/mol. The number of carbonyl (C=O) groups excluding carboxylic acids is 1. The highest BCUT2D eigenvalue weighted by atomic mass is 35.5. The smallest absolute Gasteiger partial charge is 0.244 e. The largest absolute Gasteiger partial charge is 0.347 e. The van der Waals surface area contributed by atoms with E-state index in [-0.39, 0.29) is 11.9 Å². The Morgan fingerprint density at radius 3 is 2.29 bits per heavy atom. The number of halogens is 1. The lowest BCUT2D eigenvalue weighted by atomic mass is 10.0. The normalized spacial score (nSPS) is 13.6. The second-order valence-corrected chi connectivity index (χ2v) is 9.34. The Hall–Kier alpha value is -2.05. The number of benzene rings is 2. The molecule has 2 rings (SSSR count). The summed E-state index contributed by atoms with van der Waals surface area (Å²) >= 11 is 6.07. The van der Waals surface area contributed by atoms with Gasteiger partial charge in [-0.2, -0.15) is 0 Å². The zero-order chi connectivity index (χ0) is 21.1. The van der Waals surface area contributed by atoms with Gasteiger partial charge in [-0.25, -0.2) is 8.42 Å². The first-order chi connectivity index (χ1) is 13.0. The van der Waals surface area contributed by atoms with E-state index in [0.29, 0.717) is 17.1 Å². The summed E-state index contributed by atoms with van der Waals surface area (Å²) in [5, 5.41) is 3.39. The Balaban J connectivity index is 2.33. The van der Waals surface area contributed by atoms with E-state index in [4.69, 9.17) is 11.6 Å². The number of carbonyl (C=O) groups is 1. The molecule has 0 radical (unpaired) electrons. The van der Waals surface area contributed by atoms with Gasteiger partial charge in [0, 0.05) is 5.02 Å². The van der Waals surface area contributed by atoms with Crippen molar-refractivity contribution in [1.29, 1.82) is 0 Å². The molecule has 0 aliphatic carbocycles. The van der Waals surface area contributed by atoms with Crippen LogP contribution in [0.5, 0.6) is 0 Å². The van der Waals surface area contributed by atoms with Gasteiger partial charge < -0.3 is 5.32 Å². The van der Waals surface area contributed by atoms with Gasteiger partial charge in [0.25, 0.3) is 0 Å². The second kappa shape index (κ2) is 8.97. The quantitative estimate of drug-likeness (QED) is 0.720. The molecule has 0 aromatic heterocycles. The van der Waals surface area contributed by atoms with E-state index in [1.54, 1.807) is 32.0 Å². The first kappa shape index (κ1) is 22.2. The molecule has 152 valence electrons. The maximum absolute atomic E-state index is 13.0. The van der Waals surface area contributed by atoms with E-state index in [0.717, 1.165) is 27.3 Å². The molecule has 2 aromatic carbocycles. The summed E-state index contributed by atoms with van der Waals surface area (Å²) < 4.78 is 26.1. The van der Waals surface area contributed by atoms with Crippen molar-refractivity contribution in [3.63, 3.8) is 0 Å². The lowest BCUT2D eigenvalue weighted by Crippen LogP contribution is -2.48. The third-order valence-corrected chi connectivity index (χ3v) is 6.16. The summed E-state index contributed by atoms with van der Waals surface area (Å²) in [7, 11) is -3.70. The van der Waals surface area contributed by atoms with Crippen LogP contribution in [-0.4, -0.2) is 26.6 Å². The maximum atomic E-state index is 13.0. The molecule has 1 amide bonds. The fraction of sp³-hybridized carbons (Fsp3) is 0.381. The minimum absolute atomic E-state index is 0.197. The molecule has 28 heavy (non-hydrogen) atoms. The van der Waals surface area contributed by atoms with E-state index in [1.165, 1.54) is 0 Å². The average Bonchev–Trinajstić information content (AvgIpc) is 2.62. The number of hydrogen-bond donors (Lipinski definition) is 1. The number of hydrogen-bond acceptors (Lipinski definition) is 3. The van der Waals surface area contributed by atoms with Crippen molar-refractivity contribution >= 4 is 33.2 Å². The highest BCUT2D eigenvalue weighted by molar-refractivity contribution is 7.92. The molecule has 1 N–H and O–H groups in total. The molecule has 0 aliphatic heterocycles. The predicted molar refractivity (Wildman–Crippen MR) is 115 cm³/mol. The van der Waals surface area contributed by atoms with Gasteiger partial charge in [0.1, 0.15) is 6.04 Å². The molecule has 2 atom stereocenters. The van der Waals surface area contributed by atoms with E-state index in [9.17, 15) is 13.2 Å². The Morgan fingerprint density at radius 2 is 1.75 bits per heavy atom. The number of rotatable bonds is 7. The molecule has 0 aliphatic rings.